The number of carbonyl (C=O) groups excluding carboxylic acids is 1. The number of hydrogen-bond donors (Lipinski definition) is 3. The van der Waals surface area contributed by atoms with Gasteiger partial charge in [0.05, 0.1) is 5.39 Å². The van der Waals surface area contributed by atoms with Crippen molar-refractivity contribution in [2.45, 2.75) is 0 Å². The number of fused-ring (bicyclic) bond motifs is 1. The Morgan fingerprint density at radius 2 is 1.95 bits per heavy atom. The molecule has 0 atom stereocenters. The van der Waals surface area contributed by atoms with Crippen molar-refractivity contribution in [2.24, 2.45) is 5.73 Å². The molecule has 0 aliphatic heterocycles. The first-order valence-electron chi connectivity index (χ1n) is 5.69. The van der Waals surface area contributed by atoms with E-state index < -0.39 is 5.91 Å². The Balaban J connectivity index is 1.92. The maximum Gasteiger partial charge on any atom is 0.248 e. The predicted octanol–water partition coefficient (Wildman–Crippen LogP) is 1.80. The van der Waals surface area contributed by atoms with Crippen LogP contribution < -0.4 is 11.1 Å². The van der Waals surface area contributed by atoms with E-state index in [0.29, 0.717) is 11.4 Å². The van der Waals surface area contributed by atoms with Crippen molar-refractivity contribution < 1.29 is 4.79 Å². The Hall–Kier alpha value is -2.89. The Bertz CT molecular complexity index is 732. The van der Waals surface area contributed by atoms with Crippen LogP contribution in [0.5, 0.6) is 0 Å². The van der Waals surface area contributed by atoms with E-state index in [1.165, 1.54) is 6.33 Å². The molecule has 0 unspecified atom stereocenters. The maximum atomic E-state index is 11.0. The number of carbonyl (C=O) groups is 1. The van der Waals surface area contributed by atoms with E-state index >= 15 is 0 Å². The van der Waals surface area contributed by atoms with Gasteiger partial charge in [0.1, 0.15) is 17.8 Å². The highest BCUT2D eigenvalue weighted by Gasteiger charge is 2.05. The first-order valence-corrected chi connectivity index (χ1v) is 5.69. The van der Waals surface area contributed by atoms with Crippen molar-refractivity contribution in [1.29, 1.82) is 0 Å². The van der Waals surface area contributed by atoms with Gasteiger partial charge in [-0.15, -0.1) is 0 Å². The molecule has 0 radical (unpaired) electrons. The second-order valence-corrected chi connectivity index (χ2v) is 4.03. The second-order valence-electron chi connectivity index (χ2n) is 4.03. The van der Waals surface area contributed by atoms with Gasteiger partial charge >= 0.3 is 0 Å². The van der Waals surface area contributed by atoms with E-state index in [1.807, 2.05) is 6.07 Å². The molecule has 3 aromatic rings. The van der Waals surface area contributed by atoms with Gasteiger partial charge in [0, 0.05) is 17.4 Å². The Morgan fingerprint density at radius 1 is 1.16 bits per heavy atom. The first-order chi connectivity index (χ1) is 9.24. The molecule has 6 heteroatoms. The Kier molecular flexibility index (Phi) is 2.60. The van der Waals surface area contributed by atoms with Crippen LogP contribution in [0.3, 0.4) is 0 Å². The molecule has 0 spiro atoms. The van der Waals surface area contributed by atoms with Gasteiger partial charge in [0.15, 0.2) is 0 Å². The molecule has 0 aliphatic rings. The molecule has 0 saturated carbocycles. The number of benzene rings is 1. The average Bonchev–Trinajstić information content (AvgIpc) is 2.89. The van der Waals surface area contributed by atoms with Gasteiger partial charge in [-0.25, -0.2) is 9.97 Å². The summed E-state index contributed by atoms with van der Waals surface area (Å²) in [4.78, 5) is 22.3. The molecule has 1 aromatic carbocycles. The van der Waals surface area contributed by atoms with Gasteiger partial charge in [0.2, 0.25) is 5.91 Å². The van der Waals surface area contributed by atoms with E-state index in [-0.39, 0.29) is 0 Å². The van der Waals surface area contributed by atoms with Crippen molar-refractivity contribution in [3.05, 3.63) is 48.4 Å². The van der Waals surface area contributed by atoms with Gasteiger partial charge in [-0.2, -0.15) is 0 Å². The monoisotopic (exact) mass is 253 g/mol. The maximum absolute atomic E-state index is 11.0. The molecule has 0 bridgehead atoms. The van der Waals surface area contributed by atoms with Crippen molar-refractivity contribution in [1.82, 2.24) is 15.0 Å². The minimum Gasteiger partial charge on any atom is -0.366 e. The fourth-order valence-electron chi connectivity index (χ4n) is 1.83. The highest BCUT2D eigenvalue weighted by molar-refractivity contribution is 5.93. The molecule has 1 amide bonds. The lowest BCUT2D eigenvalue weighted by Gasteiger charge is -2.06. The topological polar surface area (TPSA) is 96.7 Å². The van der Waals surface area contributed by atoms with Crippen LogP contribution in [-0.2, 0) is 0 Å². The molecule has 6 nitrogen and oxygen atoms in total. The van der Waals surface area contributed by atoms with E-state index in [0.717, 1.165) is 16.7 Å². The minimum atomic E-state index is -0.443. The number of aromatic nitrogens is 3. The van der Waals surface area contributed by atoms with Gasteiger partial charge in [0.25, 0.3) is 0 Å². The highest BCUT2D eigenvalue weighted by atomic mass is 16.1. The summed E-state index contributed by atoms with van der Waals surface area (Å²) in [5, 5.41) is 4.08. The molecular formula is C13H11N5O. The zero-order valence-electron chi connectivity index (χ0n) is 9.92. The standard InChI is InChI=1S/C13H11N5O/c14-11(19)8-1-3-9(4-2-8)18-13-10-5-6-15-12(10)16-7-17-13/h1-7H,(H2,14,19)(H2,15,16,17,18). The zero-order chi connectivity index (χ0) is 13.2. The van der Waals surface area contributed by atoms with Gasteiger partial charge in [-0.3, -0.25) is 4.79 Å². The molecule has 3 rings (SSSR count). The third-order valence-electron chi connectivity index (χ3n) is 2.79. The molecule has 2 heterocycles. The molecule has 19 heavy (non-hydrogen) atoms. The van der Waals surface area contributed by atoms with Crippen LogP contribution >= 0.6 is 0 Å². The summed E-state index contributed by atoms with van der Waals surface area (Å²) in [7, 11) is 0. The number of rotatable bonds is 3. The summed E-state index contributed by atoms with van der Waals surface area (Å²) in [6.45, 7) is 0. The number of nitrogens with two attached hydrogens (primary N) is 1. The molecule has 0 fully saturated rings. The zero-order valence-corrected chi connectivity index (χ0v) is 9.92. The number of anilines is 2. The Labute approximate surface area is 108 Å². The number of nitrogens with one attached hydrogen (secondary N) is 2. The molecular weight excluding hydrogens is 242 g/mol. The van der Waals surface area contributed by atoms with E-state index in [2.05, 4.69) is 20.3 Å². The van der Waals surface area contributed by atoms with E-state index in [9.17, 15) is 4.79 Å². The number of H-pyrrole nitrogens is 1. The number of primary amides is 1. The van der Waals surface area contributed by atoms with Crippen LogP contribution in [-0.4, -0.2) is 20.9 Å². The third kappa shape index (κ3) is 2.11. The summed E-state index contributed by atoms with van der Waals surface area (Å²) in [5.74, 6) is 0.264. The lowest BCUT2D eigenvalue weighted by atomic mass is 10.2. The van der Waals surface area contributed by atoms with Gasteiger partial charge < -0.3 is 16.0 Å². The predicted molar refractivity (Wildman–Crippen MR) is 72.1 cm³/mol. The summed E-state index contributed by atoms with van der Waals surface area (Å²) < 4.78 is 0. The van der Waals surface area contributed by atoms with Crippen LogP contribution in [0.4, 0.5) is 11.5 Å². The van der Waals surface area contributed by atoms with Crippen LogP contribution in [0.2, 0.25) is 0 Å². The molecule has 2 aromatic heterocycles. The fourth-order valence-corrected chi connectivity index (χ4v) is 1.83. The van der Waals surface area contributed by atoms with Crippen LogP contribution in [0, 0.1) is 0 Å². The quantitative estimate of drug-likeness (QED) is 0.663. The van der Waals surface area contributed by atoms with Gasteiger partial charge in [-0.1, -0.05) is 0 Å². The van der Waals surface area contributed by atoms with E-state index in [4.69, 9.17) is 5.73 Å². The summed E-state index contributed by atoms with van der Waals surface area (Å²) in [6.07, 6.45) is 3.29. The number of aromatic amines is 1. The molecule has 4 N–H and O–H groups in total. The number of nitrogens with zero attached hydrogens (tertiary/aromatic N) is 2. The Morgan fingerprint density at radius 3 is 2.68 bits per heavy atom. The number of amides is 1. The van der Waals surface area contributed by atoms with Crippen molar-refractivity contribution in [3.63, 3.8) is 0 Å². The summed E-state index contributed by atoms with van der Waals surface area (Å²) in [6, 6.07) is 8.79. The van der Waals surface area contributed by atoms with Crippen LogP contribution in [0.15, 0.2) is 42.9 Å². The minimum absolute atomic E-state index is 0.443. The lowest BCUT2D eigenvalue weighted by Crippen LogP contribution is -2.10. The van der Waals surface area contributed by atoms with Gasteiger partial charge in [-0.05, 0) is 30.3 Å². The van der Waals surface area contributed by atoms with Crippen LogP contribution in [0.1, 0.15) is 10.4 Å². The van der Waals surface area contributed by atoms with Crippen LogP contribution in [0.25, 0.3) is 11.0 Å². The molecule has 0 saturated heterocycles. The molecule has 94 valence electrons. The lowest BCUT2D eigenvalue weighted by molar-refractivity contribution is 0.100. The highest BCUT2D eigenvalue weighted by Crippen LogP contribution is 2.22. The number of hydrogen-bond acceptors (Lipinski definition) is 4. The first kappa shape index (κ1) is 11.2. The van der Waals surface area contributed by atoms with Crippen molar-refractivity contribution in [2.75, 3.05) is 5.32 Å². The SMILES string of the molecule is NC(=O)c1ccc(Nc2ncnc3[nH]ccc23)cc1. The smallest absolute Gasteiger partial charge is 0.248 e. The third-order valence-corrected chi connectivity index (χ3v) is 2.79. The second kappa shape index (κ2) is 4.41. The largest absolute Gasteiger partial charge is 0.366 e. The normalized spacial score (nSPS) is 10.5. The molecule has 0 aliphatic carbocycles. The summed E-state index contributed by atoms with van der Waals surface area (Å²) in [5.41, 5.74) is 7.26. The van der Waals surface area contributed by atoms with Crippen molar-refractivity contribution >= 4 is 28.4 Å². The average molecular weight is 253 g/mol. The summed E-state index contributed by atoms with van der Waals surface area (Å²) >= 11 is 0. The van der Waals surface area contributed by atoms with Crippen molar-refractivity contribution in [3.8, 4) is 0 Å². The fraction of sp³-hybridized carbons (Fsp3) is 0. The van der Waals surface area contributed by atoms with E-state index in [1.54, 1.807) is 30.5 Å².